The lowest BCUT2D eigenvalue weighted by Gasteiger charge is -2.44. The van der Waals surface area contributed by atoms with Crippen LogP contribution in [0.5, 0.6) is 0 Å². The van der Waals surface area contributed by atoms with Gasteiger partial charge in [0.15, 0.2) is 0 Å². The van der Waals surface area contributed by atoms with Crippen LogP contribution in [0.4, 0.5) is 0 Å². The van der Waals surface area contributed by atoms with Gasteiger partial charge in [-0.05, 0) is 53.8 Å². The summed E-state index contributed by atoms with van der Waals surface area (Å²) in [5.41, 5.74) is 0.977. The van der Waals surface area contributed by atoms with Gasteiger partial charge in [0.25, 0.3) is 0 Å². The molecule has 0 aromatic rings. The Morgan fingerprint density at radius 3 is 2.31 bits per heavy atom. The first-order valence-electron chi connectivity index (χ1n) is 7.01. The fourth-order valence-corrected chi connectivity index (χ4v) is 5.68. The van der Waals surface area contributed by atoms with Gasteiger partial charge < -0.3 is 5.11 Å². The second-order valence-electron chi connectivity index (χ2n) is 7.79. The normalized spacial score (nSPS) is 58.7. The highest BCUT2D eigenvalue weighted by Crippen LogP contribution is 2.74. The summed E-state index contributed by atoms with van der Waals surface area (Å²) in [5, 5.41) is 10.8. The third-order valence-electron chi connectivity index (χ3n) is 6.94. The number of hydrogen-bond acceptors (Lipinski definition) is 1. The molecule has 1 heteroatoms. The highest BCUT2D eigenvalue weighted by Gasteiger charge is 2.70. The van der Waals surface area contributed by atoms with Crippen LogP contribution in [0.1, 0.15) is 59.8 Å². The molecule has 3 fully saturated rings. The van der Waals surface area contributed by atoms with E-state index in [4.69, 9.17) is 0 Å². The predicted molar refractivity (Wildman–Crippen MR) is 66.1 cm³/mol. The lowest BCUT2D eigenvalue weighted by Crippen LogP contribution is -2.43. The van der Waals surface area contributed by atoms with Gasteiger partial charge >= 0.3 is 0 Å². The highest BCUT2D eigenvalue weighted by atomic mass is 16.3. The molecule has 0 heterocycles. The first kappa shape index (κ1) is 11.1. The minimum absolute atomic E-state index is 0.0495. The van der Waals surface area contributed by atoms with Gasteiger partial charge in [-0.1, -0.05) is 34.1 Å². The van der Waals surface area contributed by atoms with Crippen LogP contribution in [0.3, 0.4) is 0 Å². The quantitative estimate of drug-likeness (QED) is 0.664. The molecule has 5 atom stereocenters. The monoisotopic (exact) mass is 222 g/mol. The molecule has 3 aliphatic carbocycles. The van der Waals surface area contributed by atoms with E-state index in [0.29, 0.717) is 16.7 Å². The lowest BCUT2D eigenvalue weighted by atomic mass is 9.63. The van der Waals surface area contributed by atoms with Crippen LogP contribution in [0.2, 0.25) is 0 Å². The number of rotatable bonds is 0. The van der Waals surface area contributed by atoms with Crippen LogP contribution >= 0.6 is 0 Å². The Labute approximate surface area is 99.6 Å². The van der Waals surface area contributed by atoms with E-state index < -0.39 is 0 Å². The molecule has 1 nitrogen and oxygen atoms in total. The molecule has 1 N–H and O–H groups in total. The van der Waals surface area contributed by atoms with E-state index in [1.54, 1.807) is 0 Å². The van der Waals surface area contributed by atoms with Gasteiger partial charge in [-0.25, -0.2) is 0 Å². The summed E-state index contributed by atoms with van der Waals surface area (Å²) < 4.78 is 0. The van der Waals surface area contributed by atoms with Gasteiger partial charge in [-0.2, -0.15) is 0 Å². The van der Waals surface area contributed by atoms with E-state index in [1.807, 2.05) is 0 Å². The van der Waals surface area contributed by atoms with Gasteiger partial charge in [-0.15, -0.1) is 0 Å². The van der Waals surface area contributed by atoms with Gasteiger partial charge in [0.2, 0.25) is 0 Å². The Hall–Kier alpha value is -0.0400. The summed E-state index contributed by atoms with van der Waals surface area (Å²) >= 11 is 0. The molecule has 0 aliphatic heterocycles. The Morgan fingerprint density at radius 1 is 0.938 bits per heavy atom. The fraction of sp³-hybridized carbons (Fsp3) is 1.00. The second kappa shape index (κ2) is 2.85. The van der Waals surface area contributed by atoms with Crippen molar-refractivity contribution in [3.63, 3.8) is 0 Å². The SMILES string of the molecule is CC1(C)CCC[C@]2(C)C3CC[C@]2(C)[C@@H](O)[C@H]31. The molecule has 3 rings (SSSR count). The maximum atomic E-state index is 10.8. The van der Waals surface area contributed by atoms with Crippen molar-refractivity contribution in [2.24, 2.45) is 28.1 Å². The van der Waals surface area contributed by atoms with Crippen LogP contribution in [0, 0.1) is 28.1 Å². The molecule has 3 aliphatic rings. The minimum atomic E-state index is -0.0495. The fourth-order valence-electron chi connectivity index (χ4n) is 5.68. The molecule has 1 unspecified atom stereocenters. The molecule has 3 saturated carbocycles. The molecule has 0 spiro atoms. The van der Waals surface area contributed by atoms with E-state index in [1.165, 1.54) is 32.1 Å². The molecule has 0 aromatic heterocycles. The second-order valence-corrected chi connectivity index (χ2v) is 7.79. The predicted octanol–water partition coefficient (Wildman–Crippen LogP) is 3.61. The third kappa shape index (κ3) is 0.978. The van der Waals surface area contributed by atoms with Crippen LogP contribution in [0.15, 0.2) is 0 Å². The van der Waals surface area contributed by atoms with Gasteiger partial charge in [-0.3, -0.25) is 0 Å². The minimum Gasteiger partial charge on any atom is -0.392 e. The van der Waals surface area contributed by atoms with Crippen molar-refractivity contribution >= 4 is 0 Å². The van der Waals surface area contributed by atoms with Crippen molar-refractivity contribution in [3.8, 4) is 0 Å². The summed E-state index contributed by atoms with van der Waals surface area (Å²) in [6, 6.07) is 0. The Bertz CT molecular complexity index is 321. The van der Waals surface area contributed by atoms with E-state index in [2.05, 4.69) is 27.7 Å². The molecule has 0 radical (unpaired) electrons. The summed E-state index contributed by atoms with van der Waals surface area (Å²) in [6.07, 6.45) is 6.56. The standard InChI is InChI=1S/C15H26O/c1-13(2)7-5-8-14(3)10-6-9-15(14,4)12(16)11(10)13/h10-12,16H,5-9H2,1-4H3/t10?,11-,12-,14+,15+/m0/s1. The topological polar surface area (TPSA) is 20.2 Å². The van der Waals surface area contributed by atoms with Crippen molar-refractivity contribution in [2.75, 3.05) is 0 Å². The van der Waals surface area contributed by atoms with Crippen molar-refractivity contribution in [3.05, 3.63) is 0 Å². The first-order valence-corrected chi connectivity index (χ1v) is 7.01. The molecular weight excluding hydrogens is 196 g/mol. The van der Waals surface area contributed by atoms with Gasteiger partial charge in [0.1, 0.15) is 0 Å². The zero-order chi connectivity index (χ0) is 11.8. The van der Waals surface area contributed by atoms with Crippen LogP contribution in [-0.2, 0) is 0 Å². The van der Waals surface area contributed by atoms with Crippen molar-refractivity contribution in [2.45, 2.75) is 65.9 Å². The zero-order valence-electron chi connectivity index (χ0n) is 11.2. The van der Waals surface area contributed by atoms with Crippen LogP contribution in [0.25, 0.3) is 0 Å². The van der Waals surface area contributed by atoms with Gasteiger partial charge in [0, 0.05) is 0 Å². The molecule has 0 amide bonds. The first-order chi connectivity index (χ1) is 7.33. The van der Waals surface area contributed by atoms with Gasteiger partial charge in [0.05, 0.1) is 6.10 Å². The summed E-state index contributed by atoms with van der Waals surface area (Å²) in [4.78, 5) is 0. The zero-order valence-corrected chi connectivity index (χ0v) is 11.2. The number of hydrogen-bond donors (Lipinski definition) is 1. The highest BCUT2D eigenvalue weighted by molar-refractivity contribution is 5.19. The summed E-state index contributed by atoms with van der Waals surface area (Å²) in [6.45, 7) is 9.60. The van der Waals surface area contributed by atoms with Crippen LogP contribution < -0.4 is 0 Å². The Kier molecular flexibility index (Phi) is 1.98. The number of aliphatic hydroxyl groups is 1. The molecule has 16 heavy (non-hydrogen) atoms. The summed E-state index contributed by atoms with van der Waals surface area (Å²) in [7, 11) is 0. The van der Waals surface area contributed by atoms with E-state index in [-0.39, 0.29) is 11.5 Å². The smallest absolute Gasteiger partial charge is 0.0635 e. The van der Waals surface area contributed by atoms with Crippen molar-refractivity contribution in [1.82, 2.24) is 0 Å². The average molecular weight is 222 g/mol. The van der Waals surface area contributed by atoms with Crippen molar-refractivity contribution < 1.29 is 5.11 Å². The largest absolute Gasteiger partial charge is 0.392 e. The molecule has 0 saturated heterocycles. The molecule has 4 bridgehead atoms. The maximum absolute atomic E-state index is 10.8. The molecular formula is C15H26O. The molecule has 0 aromatic carbocycles. The molecule has 92 valence electrons. The Balaban J connectivity index is 2.12. The lowest BCUT2D eigenvalue weighted by molar-refractivity contribution is -0.0578. The van der Waals surface area contributed by atoms with Crippen LogP contribution in [-0.4, -0.2) is 11.2 Å². The summed E-state index contributed by atoms with van der Waals surface area (Å²) in [5.74, 6) is 1.34. The number of aliphatic hydroxyl groups excluding tert-OH is 1. The van der Waals surface area contributed by atoms with E-state index >= 15 is 0 Å². The van der Waals surface area contributed by atoms with Crippen molar-refractivity contribution in [1.29, 1.82) is 0 Å². The van der Waals surface area contributed by atoms with E-state index in [9.17, 15) is 5.11 Å². The van der Waals surface area contributed by atoms with E-state index in [0.717, 1.165) is 5.92 Å². The maximum Gasteiger partial charge on any atom is 0.0635 e. The average Bonchev–Trinajstić information content (AvgIpc) is 2.47. The Morgan fingerprint density at radius 2 is 1.62 bits per heavy atom. The third-order valence-corrected chi connectivity index (χ3v) is 6.94.